The topological polar surface area (TPSA) is 106 Å². The number of hydrogen-bond acceptors (Lipinski definition) is 6. The number of anilines is 1. The molecular formula is C20H27N5O4S. The number of urea groups is 1. The van der Waals surface area contributed by atoms with Crippen LogP contribution in [0.4, 0.5) is 10.6 Å². The first-order valence-electron chi connectivity index (χ1n) is 9.64. The number of hydrogen-bond donors (Lipinski definition) is 2. The minimum atomic E-state index is -3.82. The highest BCUT2D eigenvalue weighted by atomic mass is 32.2. The number of aryl methyl sites for hydroxylation is 1. The van der Waals surface area contributed by atoms with Gasteiger partial charge < -0.3 is 20.2 Å². The van der Waals surface area contributed by atoms with Crippen LogP contribution in [-0.4, -0.2) is 74.0 Å². The molecule has 162 valence electrons. The number of carbonyl (C=O) groups excluding carboxylic acids is 1. The van der Waals surface area contributed by atoms with Crippen molar-refractivity contribution in [3.8, 4) is 5.75 Å². The van der Waals surface area contributed by atoms with Crippen LogP contribution in [0.25, 0.3) is 0 Å². The zero-order valence-electron chi connectivity index (χ0n) is 17.4. The molecular weight excluding hydrogens is 406 g/mol. The molecule has 1 aliphatic rings. The van der Waals surface area contributed by atoms with Crippen molar-refractivity contribution in [1.29, 1.82) is 0 Å². The number of rotatable bonds is 5. The molecule has 9 nitrogen and oxygen atoms in total. The Morgan fingerprint density at radius 3 is 2.57 bits per heavy atom. The molecule has 0 aliphatic carbocycles. The Morgan fingerprint density at radius 2 is 1.90 bits per heavy atom. The highest BCUT2D eigenvalue weighted by Gasteiger charge is 2.31. The normalized spacial score (nSPS) is 15.1. The van der Waals surface area contributed by atoms with Crippen molar-refractivity contribution in [3.05, 3.63) is 47.7 Å². The number of aromatic nitrogens is 1. The fourth-order valence-corrected chi connectivity index (χ4v) is 4.94. The molecule has 2 amide bonds. The molecule has 1 aliphatic heterocycles. The summed E-state index contributed by atoms with van der Waals surface area (Å²) in [4.78, 5) is 20.2. The minimum absolute atomic E-state index is 0.104. The maximum absolute atomic E-state index is 12.9. The fraction of sp³-hybridized carbons (Fsp3) is 0.400. The van der Waals surface area contributed by atoms with E-state index >= 15 is 0 Å². The third-order valence-corrected chi connectivity index (χ3v) is 6.91. The van der Waals surface area contributed by atoms with Crippen LogP contribution >= 0.6 is 0 Å². The van der Waals surface area contributed by atoms with E-state index in [0.717, 1.165) is 16.9 Å². The molecule has 1 fully saturated rings. The van der Waals surface area contributed by atoms with Crippen LogP contribution in [-0.2, 0) is 16.6 Å². The van der Waals surface area contributed by atoms with E-state index in [9.17, 15) is 18.3 Å². The molecule has 30 heavy (non-hydrogen) atoms. The van der Waals surface area contributed by atoms with Gasteiger partial charge >= 0.3 is 6.03 Å². The Balaban J connectivity index is 1.60. The largest absolute Gasteiger partial charge is 0.507 e. The number of nitrogens with one attached hydrogen (secondary N) is 1. The highest BCUT2D eigenvalue weighted by Crippen LogP contribution is 2.27. The molecule has 0 saturated carbocycles. The quantitative estimate of drug-likeness (QED) is 0.738. The molecule has 1 aromatic carbocycles. The minimum Gasteiger partial charge on any atom is -0.507 e. The van der Waals surface area contributed by atoms with E-state index < -0.39 is 10.0 Å². The number of pyridine rings is 1. The fourth-order valence-electron chi connectivity index (χ4n) is 3.35. The lowest BCUT2D eigenvalue weighted by molar-refractivity contribution is 0.172. The van der Waals surface area contributed by atoms with Gasteiger partial charge in [-0.15, -0.1) is 0 Å². The maximum Gasteiger partial charge on any atom is 0.317 e. The lowest BCUT2D eigenvalue weighted by atomic mass is 10.2. The number of aromatic hydroxyl groups is 1. The predicted molar refractivity (Wildman–Crippen MR) is 114 cm³/mol. The second-order valence-electron chi connectivity index (χ2n) is 7.40. The second kappa shape index (κ2) is 8.88. The number of carbonyl (C=O) groups is 1. The van der Waals surface area contributed by atoms with Crippen LogP contribution in [0.5, 0.6) is 5.75 Å². The van der Waals surface area contributed by atoms with Crippen LogP contribution < -0.4 is 10.2 Å². The van der Waals surface area contributed by atoms with E-state index in [4.69, 9.17) is 0 Å². The van der Waals surface area contributed by atoms with Crippen molar-refractivity contribution in [1.82, 2.24) is 19.5 Å². The third-order valence-electron chi connectivity index (χ3n) is 4.98. The summed E-state index contributed by atoms with van der Waals surface area (Å²) < 4.78 is 27.1. The van der Waals surface area contributed by atoms with Crippen LogP contribution in [0.2, 0.25) is 0 Å². The number of benzene rings is 1. The molecule has 2 aromatic rings. The number of piperazine rings is 1. The molecule has 1 saturated heterocycles. The number of phenolic OH excluding ortho intramolecular Hbond substituents is 1. The van der Waals surface area contributed by atoms with Crippen molar-refractivity contribution in [2.75, 3.05) is 45.2 Å². The third kappa shape index (κ3) is 4.65. The molecule has 0 atom stereocenters. The van der Waals surface area contributed by atoms with Gasteiger partial charge in [0, 0.05) is 58.6 Å². The molecule has 3 rings (SSSR count). The van der Waals surface area contributed by atoms with Gasteiger partial charge in [0.05, 0.1) is 0 Å². The molecule has 10 heteroatoms. The van der Waals surface area contributed by atoms with E-state index in [1.165, 1.54) is 16.4 Å². The van der Waals surface area contributed by atoms with Gasteiger partial charge in [-0.3, -0.25) is 0 Å². The molecule has 2 heterocycles. The Kier molecular flexibility index (Phi) is 6.47. The summed E-state index contributed by atoms with van der Waals surface area (Å²) in [6.45, 7) is 2.97. The van der Waals surface area contributed by atoms with Gasteiger partial charge in [0.25, 0.3) is 0 Å². The molecule has 0 bridgehead atoms. The summed E-state index contributed by atoms with van der Waals surface area (Å²) in [6.07, 6.45) is 1.70. The monoisotopic (exact) mass is 433 g/mol. The van der Waals surface area contributed by atoms with Crippen LogP contribution in [0.3, 0.4) is 0 Å². The molecule has 0 unspecified atom stereocenters. The van der Waals surface area contributed by atoms with Gasteiger partial charge in [-0.1, -0.05) is 12.1 Å². The summed E-state index contributed by atoms with van der Waals surface area (Å²) >= 11 is 0. The number of phenols is 1. The van der Waals surface area contributed by atoms with E-state index in [-0.39, 0.29) is 42.9 Å². The van der Waals surface area contributed by atoms with E-state index in [1.54, 1.807) is 24.1 Å². The number of sulfonamides is 1. The number of amides is 2. The zero-order valence-corrected chi connectivity index (χ0v) is 18.2. The summed E-state index contributed by atoms with van der Waals surface area (Å²) in [5, 5.41) is 12.9. The van der Waals surface area contributed by atoms with Crippen molar-refractivity contribution >= 4 is 21.9 Å². The van der Waals surface area contributed by atoms with Gasteiger partial charge in [-0.2, -0.15) is 4.31 Å². The Hall–Kier alpha value is -2.85. The van der Waals surface area contributed by atoms with E-state index in [2.05, 4.69) is 10.3 Å². The van der Waals surface area contributed by atoms with Crippen LogP contribution in [0.15, 0.2) is 41.4 Å². The summed E-state index contributed by atoms with van der Waals surface area (Å²) in [5.74, 6) is 0.514. The smallest absolute Gasteiger partial charge is 0.317 e. The standard InChI is InChI=1S/C20H27N5O4S/c1-15-6-7-17(26)18(13-15)30(28,29)25-11-9-24(10-12-25)20(27)22-14-16-5-4-8-21-19(16)23(2)3/h4-8,13,26H,9-12,14H2,1-3H3,(H,22,27). The molecule has 2 N–H and O–H groups in total. The lowest BCUT2D eigenvalue weighted by Crippen LogP contribution is -2.53. The van der Waals surface area contributed by atoms with Gasteiger partial charge in [0.1, 0.15) is 16.5 Å². The average molecular weight is 434 g/mol. The van der Waals surface area contributed by atoms with Crippen molar-refractivity contribution in [2.24, 2.45) is 0 Å². The van der Waals surface area contributed by atoms with Crippen LogP contribution in [0.1, 0.15) is 11.1 Å². The van der Waals surface area contributed by atoms with Gasteiger partial charge in [0.2, 0.25) is 10.0 Å². The Labute approximate surface area is 177 Å². The summed E-state index contributed by atoms with van der Waals surface area (Å²) in [5.41, 5.74) is 1.64. The van der Waals surface area contributed by atoms with Crippen LogP contribution in [0, 0.1) is 6.92 Å². The molecule has 0 radical (unpaired) electrons. The maximum atomic E-state index is 12.9. The van der Waals surface area contributed by atoms with Crippen molar-refractivity contribution < 1.29 is 18.3 Å². The lowest BCUT2D eigenvalue weighted by Gasteiger charge is -2.34. The van der Waals surface area contributed by atoms with Gasteiger partial charge in [-0.05, 0) is 30.7 Å². The van der Waals surface area contributed by atoms with Gasteiger partial charge in [0.15, 0.2) is 0 Å². The average Bonchev–Trinajstić information content (AvgIpc) is 2.73. The van der Waals surface area contributed by atoms with E-state index in [0.29, 0.717) is 6.54 Å². The Bertz CT molecular complexity index is 1020. The first kappa shape index (κ1) is 21.8. The first-order valence-corrected chi connectivity index (χ1v) is 11.1. The van der Waals surface area contributed by atoms with E-state index in [1.807, 2.05) is 31.1 Å². The molecule has 1 aromatic heterocycles. The first-order chi connectivity index (χ1) is 14.2. The zero-order chi connectivity index (χ0) is 21.9. The highest BCUT2D eigenvalue weighted by molar-refractivity contribution is 7.89. The summed E-state index contributed by atoms with van der Waals surface area (Å²) in [6, 6.07) is 7.96. The summed E-state index contributed by atoms with van der Waals surface area (Å²) in [7, 11) is -0.0471. The van der Waals surface area contributed by atoms with Crippen molar-refractivity contribution in [2.45, 2.75) is 18.4 Å². The van der Waals surface area contributed by atoms with Crippen molar-refractivity contribution in [3.63, 3.8) is 0 Å². The molecule has 0 spiro atoms. The van der Waals surface area contributed by atoms with Gasteiger partial charge in [-0.25, -0.2) is 18.2 Å². The predicted octanol–water partition coefficient (Wildman–Crippen LogP) is 1.38. The number of nitrogens with zero attached hydrogens (tertiary/aromatic N) is 4. The Morgan fingerprint density at radius 1 is 1.20 bits per heavy atom. The second-order valence-corrected chi connectivity index (χ2v) is 9.31. The SMILES string of the molecule is Cc1ccc(O)c(S(=O)(=O)N2CCN(C(=O)NCc3cccnc3N(C)C)CC2)c1.